The van der Waals surface area contributed by atoms with E-state index in [2.05, 4.69) is 53.6 Å². The molecule has 0 saturated carbocycles. The number of aromatic nitrogens is 4. The Morgan fingerprint density at radius 1 is 1.15 bits per heavy atom. The fourth-order valence-corrected chi connectivity index (χ4v) is 1.80. The van der Waals surface area contributed by atoms with Gasteiger partial charge in [-0.25, -0.2) is 4.79 Å². The molecule has 1 aromatic heterocycles. The van der Waals surface area contributed by atoms with Crippen molar-refractivity contribution in [3.63, 3.8) is 0 Å². The molecule has 7 nitrogen and oxygen atoms in total. The van der Waals surface area contributed by atoms with Crippen molar-refractivity contribution < 1.29 is 4.79 Å². The number of hydrogen-bond acceptors (Lipinski definition) is 5. The average molecular weight is 384 g/mol. The summed E-state index contributed by atoms with van der Waals surface area (Å²) in [5.74, 6) is 0.986. The van der Waals surface area contributed by atoms with E-state index in [1.165, 1.54) is 0 Å². The van der Waals surface area contributed by atoms with Crippen LogP contribution in [0.2, 0.25) is 0 Å². The molecule has 0 fully saturated rings. The van der Waals surface area contributed by atoms with E-state index in [4.69, 9.17) is 0 Å². The zero-order chi connectivity index (χ0) is 14.4. The molecule has 8 heteroatoms. The summed E-state index contributed by atoms with van der Waals surface area (Å²) in [5, 5.41) is 21.2. The minimum Gasteiger partial charge on any atom is -0.341 e. The number of hydrogen-bond donors (Lipinski definition) is 2. The van der Waals surface area contributed by atoms with Gasteiger partial charge in [0.05, 0.1) is 0 Å². The van der Waals surface area contributed by atoms with Gasteiger partial charge in [-0.1, -0.05) is 12.1 Å². The minimum atomic E-state index is -0.235. The van der Waals surface area contributed by atoms with Crippen molar-refractivity contribution in [3.8, 4) is 11.4 Å². The van der Waals surface area contributed by atoms with Gasteiger partial charge in [0, 0.05) is 29.1 Å². The monoisotopic (exact) mass is 384 g/mol. The zero-order valence-electron chi connectivity index (χ0n) is 10.8. The summed E-state index contributed by atoms with van der Waals surface area (Å²) in [7, 11) is 1.56. The van der Waals surface area contributed by atoms with Crippen LogP contribution >= 0.6 is 22.6 Å². The SMILES string of the molecule is CNC(=O)NCCc1nnc(-c2ccc(I)cc2)nn1. The summed E-state index contributed by atoms with van der Waals surface area (Å²) in [4.78, 5) is 11.0. The number of urea groups is 1. The van der Waals surface area contributed by atoms with Crippen LogP contribution in [0.3, 0.4) is 0 Å². The highest BCUT2D eigenvalue weighted by molar-refractivity contribution is 14.1. The lowest BCUT2D eigenvalue weighted by Crippen LogP contribution is -2.34. The second-order valence-electron chi connectivity index (χ2n) is 3.90. The van der Waals surface area contributed by atoms with Crippen LogP contribution in [0.25, 0.3) is 11.4 Å². The Kier molecular flexibility index (Phi) is 5.16. The van der Waals surface area contributed by atoms with E-state index in [-0.39, 0.29) is 6.03 Å². The van der Waals surface area contributed by atoms with Gasteiger partial charge in [0.15, 0.2) is 5.82 Å². The third-order valence-corrected chi connectivity index (χ3v) is 3.20. The lowest BCUT2D eigenvalue weighted by atomic mass is 10.2. The van der Waals surface area contributed by atoms with Crippen molar-refractivity contribution in [1.29, 1.82) is 0 Å². The fourth-order valence-electron chi connectivity index (χ4n) is 1.44. The molecular weight excluding hydrogens is 371 g/mol. The Labute approximate surface area is 129 Å². The Bertz CT molecular complexity index is 572. The fraction of sp³-hybridized carbons (Fsp3) is 0.250. The summed E-state index contributed by atoms with van der Waals surface area (Å²) in [6.45, 7) is 0.436. The third-order valence-electron chi connectivity index (χ3n) is 2.48. The van der Waals surface area contributed by atoms with Gasteiger partial charge < -0.3 is 10.6 Å². The highest BCUT2D eigenvalue weighted by Gasteiger charge is 2.05. The van der Waals surface area contributed by atoms with Gasteiger partial charge in [-0.2, -0.15) is 0 Å². The summed E-state index contributed by atoms with van der Waals surface area (Å²) in [5.41, 5.74) is 0.875. The molecule has 0 aliphatic heterocycles. The van der Waals surface area contributed by atoms with Gasteiger partial charge in [0.1, 0.15) is 0 Å². The van der Waals surface area contributed by atoms with Crippen LogP contribution in [0.5, 0.6) is 0 Å². The summed E-state index contributed by atoms with van der Waals surface area (Å²) >= 11 is 2.23. The molecule has 104 valence electrons. The van der Waals surface area contributed by atoms with Crippen LogP contribution in [-0.4, -0.2) is 40.0 Å². The van der Waals surface area contributed by atoms with Gasteiger partial charge in [0.25, 0.3) is 0 Å². The molecule has 2 rings (SSSR count). The topological polar surface area (TPSA) is 92.7 Å². The first kappa shape index (κ1) is 14.6. The van der Waals surface area contributed by atoms with E-state index >= 15 is 0 Å². The quantitative estimate of drug-likeness (QED) is 0.768. The summed E-state index contributed by atoms with van der Waals surface area (Å²) < 4.78 is 1.14. The lowest BCUT2D eigenvalue weighted by Gasteiger charge is -2.03. The van der Waals surface area contributed by atoms with Crippen molar-refractivity contribution in [1.82, 2.24) is 31.0 Å². The van der Waals surface area contributed by atoms with E-state index in [0.29, 0.717) is 24.6 Å². The van der Waals surface area contributed by atoms with Gasteiger partial charge >= 0.3 is 6.03 Å². The van der Waals surface area contributed by atoms with E-state index in [0.717, 1.165) is 9.13 Å². The molecule has 20 heavy (non-hydrogen) atoms. The molecule has 0 saturated heterocycles. The molecule has 2 N–H and O–H groups in total. The molecule has 2 amide bonds. The number of nitrogens with zero attached hydrogens (tertiary/aromatic N) is 4. The number of carbonyl (C=O) groups is 1. The Morgan fingerprint density at radius 3 is 2.40 bits per heavy atom. The maximum Gasteiger partial charge on any atom is 0.314 e. The van der Waals surface area contributed by atoms with E-state index < -0.39 is 0 Å². The molecule has 0 aliphatic carbocycles. The average Bonchev–Trinajstić information content (AvgIpc) is 2.48. The van der Waals surface area contributed by atoms with Crippen molar-refractivity contribution in [3.05, 3.63) is 33.7 Å². The number of halogens is 1. The predicted octanol–water partition coefficient (Wildman–Crippen LogP) is 1.01. The summed E-state index contributed by atoms with van der Waals surface area (Å²) in [6.07, 6.45) is 0.486. The third kappa shape index (κ3) is 4.08. The molecular formula is C12H13IN6O. The normalized spacial score (nSPS) is 10.1. The van der Waals surface area contributed by atoms with Crippen LogP contribution < -0.4 is 10.6 Å². The van der Waals surface area contributed by atoms with Crippen LogP contribution in [0, 0.1) is 3.57 Å². The number of rotatable bonds is 4. The van der Waals surface area contributed by atoms with Crippen LogP contribution in [0.4, 0.5) is 4.79 Å². The van der Waals surface area contributed by atoms with Gasteiger partial charge in [-0.05, 0) is 34.7 Å². The molecule has 0 radical (unpaired) electrons. The first-order valence-electron chi connectivity index (χ1n) is 5.97. The van der Waals surface area contributed by atoms with Crippen molar-refractivity contribution in [2.24, 2.45) is 0 Å². The second kappa shape index (κ2) is 7.08. The highest BCUT2D eigenvalue weighted by atomic mass is 127. The minimum absolute atomic E-state index is 0.235. The largest absolute Gasteiger partial charge is 0.341 e. The first-order valence-corrected chi connectivity index (χ1v) is 7.04. The Hall–Kier alpha value is -1.84. The van der Waals surface area contributed by atoms with E-state index in [9.17, 15) is 4.79 Å². The van der Waals surface area contributed by atoms with Crippen LogP contribution in [0.15, 0.2) is 24.3 Å². The van der Waals surface area contributed by atoms with E-state index in [1.807, 2.05) is 24.3 Å². The van der Waals surface area contributed by atoms with Crippen molar-refractivity contribution in [2.75, 3.05) is 13.6 Å². The second-order valence-corrected chi connectivity index (χ2v) is 5.15. The molecule has 0 atom stereocenters. The first-order chi connectivity index (χ1) is 9.69. The molecule has 0 spiro atoms. The van der Waals surface area contributed by atoms with Crippen molar-refractivity contribution >= 4 is 28.6 Å². The molecule has 0 bridgehead atoms. The number of carbonyl (C=O) groups excluding carboxylic acids is 1. The van der Waals surface area contributed by atoms with Crippen molar-refractivity contribution in [2.45, 2.75) is 6.42 Å². The Balaban J connectivity index is 1.96. The molecule has 0 aliphatic rings. The maximum atomic E-state index is 11.0. The maximum absolute atomic E-state index is 11.0. The van der Waals surface area contributed by atoms with Gasteiger partial charge in [-0.3, -0.25) is 0 Å². The smallest absolute Gasteiger partial charge is 0.314 e. The zero-order valence-corrected chi connectivity index (χ0v) is 13.0. The van der Waals surface area contributed by atoms with Crippen LogP contribution in [-0.2, 0) is 6.42 Å². The standard InChI is InChI=1S/C12H13IN6O/c1-14-12(20)15-7-6-10-16-18-11(19-17-10)8-2-4-9(13)5-3-8/h2-5H,6-7H2,1H3,(H2,14,15,20). The predicted molar refractivity (Wildman–Crippen MR) is 81.9 cm³/mol. The molecule has 1 aromatic carbocycles. The molecule has 1 heterocycles. The van der Waals surface area contributed by atoms with Gasteiger partial charge in [-0.15, -0.1) is 20.4 Å². The van der Waals surface area contributed by atoms with Crippen LogP contribution in [0.1, 0.15) is 5.82 Å². The van der Waals surface area contributed by atoms with E-state index in [1.54, 1.807) is 7.05 Å². The molecule has 2 aromatic rings. The Morgan fingerprint density at radius 2 is 1.80 bits per heavy atom. The summed E-state index contributed by atoms with van der Waals surface area (Å²) in [6, 6.07) is 7.56. The molecule has 0 unspecified atom stereocenters. The number of amides is 2. The number of benzene rings is 1. The number of nitrogens with one attached hydrogen (secondary N) is 2. The highest BCUT2D eigenvalue weighted by Crippen LogP contribution is 2.14. The lowest BCUT2D eigenvalue weighted by molar-refractivity contribution is 0.243. The van der Waals surface area contributed by atoms with Gasteiger partial charge in [0.2, 0.25) is 5.82 Å².